The first-order chi connectivity index (χ1) is 5.71. The maximum Gasteiger partial charge on any atom is 0.313 e. The highest BCUT2D eigenvalue weighted by atomic mass is 16.4. The Morgan fingerprint density at radius 3 is 2.75 bits per heavy atom. The van der Waals surface area contributed by atoms with E-state index in [1.807, 2.05) is 25.2 Å². The molecule has 2 nitrogen and oxygen atoms in total. The molecule has 0 bridgehead atoms. The molecule has 1 atom stereocenters. The Bertz CT molecular complexity index is 228. The molecule has 0 amide bonds. The predicted octanol–water partition coefficient (Wildman–Crippen LogP) is 2.37. The zero-order valence-electron chi connectivity index (χ0n) is 7.29. The van der Waals surface area contributed by atoms with Crippen LogP contribution in [0.5, 0.6) is 0 Å². The largest absolute Gasteiger partial charge is 0.481 e. The Kier molecular flexibility index (Phi) is 2.69. The van der Waals surface area contributed by atoms with Crippen molar-refractivity contribution in [3.63, 3.8) is 0 Å². The molecule has 0 saturated carbocycles. The van der Waals surface area contributed by atoms with E-state index in [-0.39, 0.29) is 0 Å². The van der Waals surface area contributed by atoms with Crippen molar-refractivity contribution in [2.24, 2.45) is 5.41 Å². The summed E-state index contributed by atoms with van der Waals surface area (Å²) in [4.78, 5) is 11.0. The summed E-state index contributed by atoms with van der Waals surface area (Å²) in [6.07, 6.45) is 9.72. The molecule has 1 aliphatic rings. The van der Waals surface area contributed by atoms with Crippen molar-refractivity contribution in [2.45, 2.75) is 26.2 Å². The van der Waals surface area contributed by atoms with Gasteiger partial charge in [-0.1, -0.05) is 37.6 Å². The summed E-state index contributed by atoms with van der Waals surface area (Å²) in [5.41, 5.74) is -0.622. The molecule has 0 fully saturated rings. The van der Waals surface area contributed by atoms with Gasteiger partial charge in [-0.2, -0.15) is 0 Å². The second-order valence-electron chi connectivity index (χ2n) is 3.20. The fourth-order valence-electron chi connectivity index (χ4n) is 1.56. The second kappa shape index (κ2) is 3.57. The van der Waals surface area contributed by atoms with Crippen LogP contribution in [0.1, 0.15) is 26.2 Å². The van der Waals surface area contributed by atoms with E-state index in [0.29, 0.717) is 6.42 Å². The van der Waals surface area contributed by atoms with Crippen LogP contribution in [0.3, 0.4) is 0 Å². The van der Waals surface area contributed by atoms with Gasteiger partial charge in [0.2, 0.25) is 0 Å². The first kappa shape index (κ1) is 9.04. The number of aliphatic carboxylic acids is 1. The number of allylic oxidation sites excluding steroid dienone is 3. The Labute approximate surface area is 72.6 Å². The fraction of sp³-hybridized carbons (Fsp3) is 0.500. The van der Waals surface area contributed by atoms with Gasteiger partial charge in [0, 0.05) is 0 Å². The van der Waals surface area contributed by atoms with Crippen LogP contribution >= 0.6 is 0 Å². The van der Waals surface area contributed by atoms with E-state index in [9.17, 15) is 4.79 Å². The monoisotopic (exact) mass is 166 g/mol. The van der Waals surface area contributed by atoms with Gasteiger partial charge in [-0.15, -0.1) is 0 Å². The van der Waals surface area contributed by atoms with Crippen molar-refractivity contribution in [3.8, 4) is 0 Å². The molecule has 0 saturated heterocycles. The van der Waals surface area contributed by atoms with E-state index in [2.05, 4.69) is 0 Å². The Hall–Kier alpha value is -1.05. The number of hydrogen-bond acceptors (Lipinski definition) is 1. The maximum atomic E-state index is 11.0. The van der Waals surface area contributed by atoms with Crippen molar-refractivity contribution in [1.82, 2.24) is 0 Å². The summed E-state index contributed by atoms with van der Waals surface area (Å²) < 4.78 is 0. The highest BCUT2D eigenvalue weighted by molar-refractivity contribution is 5.77. The number of carboxylic acid groups (broad SMARTS) is 1. The molecule has 1 unspecified atom stereocenters. The molecule has 1 N–H and O–H groups in total. The summed E-state index contributed by atoms with van der Waals surface area (Å²) in [7, 11) is 0. The molecule has 0 spiro atoms. The van der Waals surface area contributed by atoms with Gasteiger partial charge in [-0.3, -0.25) is 4.79 Å². The summed E-state index contributed by atoms with van der Waals surface area (Å²) in [5.74, 6) is -0.704. The molecule has 0 aromatic carbocycles. The van der Waals surface area contributed by atoms with Gasteiger partial charge in [0.15, 0.2) is 0 Å². The number of rotatable bonds is 3. The van der Waals surface area contributed by atoms with E-state index in [1.54, 1.807) is 6.08 Å². The van der Waals surface area contributed by atoms with Crippen LogP contribution in [0.25, 0.3) is 0 Å². The van der Waals surface area contributed by atoms with Crippen LogP contribution < -0.4 is 0 Å². The van der Waals surface area contributed by atoms with Crippen LogP contribution in [0.4, 0.5) is 0 Å². The lowest BCUT2D eigenvalue weighted by Crippen LogP contribution is -2.29. The third-order valence-corrected chi connectivity index (χ3v) is 2.27. The van der Waals surface area contributed by atoms with Gasteiger partial charge in [0.25, 0.3) is 0 Å². The van der Waals surface area contributed by atoms with E-state index in [1.165, 1.54) is 0 Å². The molecule has 1 aliphatic carbocycles. The van der Waals surface area contributed by atoms with E-state index < -0.39 is 11.4 Å². The highest BCUT2D eigenvalue weighted by Gasteiger charge is 2.34. The van der Waals surface area contributed by atoms with Crippen LogP contribution in [-0.2, 0) is 4.79 Å². The van der Waals surface area contributed by atoms with E-state index >= 15 is 0 Å². The third-order valence-electron chi connectivity index (χ3n) is 2.27. The standard InChI is InChI=1S/C10H14O2/c1-2-6-10(9(11)12)7-4-3-5-8-10/h3-5,7H,2,6,8H2,1H3,(H,11,12). The summed E-state index contributed by atoms with van der Waals surface area (Å²) >= 11 is 0. The molecule has 0 aromatic heterocycles. The van der Waals surface area contributed by atoms with Crippen LogP contribution in [0, 0.1) is 5.41 Å². The van der Waals surface area contributed by atoms with Crippen molar-refractivity contribution >= 4 is 5.97 Å². The Balaban J connectivity index is 2.80. The Morgan fingerprint density at radius 1 is 1.58 bits per heavy atom. The quantitative estimate of drug-likeness (QED) is 0.698. The molecule has 1 rings (SSSR count). The second-order valence-corrected chi connectivity index (χ2v) is 3.20. The van der Waals surface area contributed by atoms with Crippen LogP contribution in [-0.4, -0.2) is 11.1 Å². The van der Waals surface area contributed by atoms with Gasteiger partial charge in [-0.25, -0.2) is 0 Å². The molecule has 66 valence electrons. The van der Waals surface area contributed by atoms with Gasteiger partial charge >= 0.3 is 5.97 Å². The van der Waals surface area contributed by atoms with Crippen molar-refractivity contribution in [2.75, 3.05) is 0 Å². The van der Waals surface area contributed by atoms with E-state index in [4.69, 9.17) is 5.11 Å². The normalized spacial score (nSPS) is 27.4. The van der Waals surface area contributed by atoms with Gasteiger partial charge in [0.05, 0.1) is 5.41 Å². The summed E-state index contributed by atoms with van der Waals surface area (Å²) in [6, 6.07) is 0. The lowest BCUT2D eigenvalue weighted by Gasteiger charge is -2.25. The number of hydrogen-bond donors (Lipinski definition) is 1. The Morgan fingerprint density at radius 2 is 2.33 bits per heavy atom. The van der Waals surface area contributed by atoms with Gasteiger partial charge in [-0.05, 0) is 12.8 Å². The van der Waals surface area contributed by atoms with Crippen molar-refractivity contribution < 1.29 is 9.90 Å². The average Bonchev–Trinajstić information content (AvgIpc) is 2.06. The van der Waals surface area contributed by atoms with Crippen LogP contribution in [0.15, 0.2) is 24.3 Å². The van der Waals surface area contributed by atoms with Crippen molar-refractivity contribution in [1.29, 1.82) is 0 Å². The molecule has 0 aromatic rings. The minimum Gasteiger partial charge on any atom is -0.481 e. The molecular formula is C10H14O2. The van der Waals surface area contributed by atoms with E-state index in [0.717, 1.165) is 12.8 Å². The smallest absolute Gasteiger partial charge is 0.313 e. The average molecular weight is 166 g/mol. The number of carbonyl (C=O) groups is 1. The maximum absolute atomic E-state index is 11.0. The lowest BCUT2D eigenvalue weighted by molar-refractivity contribution is -0.146. The SMILES string of the molecule is CCCC1(C(=O)O)C=CC=CC1. The van der Waals surface area contributed by atoms with Crippen LogP contribution in [0.2, 0.25) is 0 Å². The van der Waals surface area contributed by atoms with Gasteiger partial charge in [0.1, 0.15) is 0 Å². The minimum absolute atomic E-state index is 0.622. The lowest BCUT2D eigenvalue weighted by atomic mass is 9.78. The molecule has 0 radical (unpaired) electrons. The van der Waals surface area contributed by atoms with Gasteiger partial charge < -0.3 is 5.11 Å². The molecule has 0 aliphatic heterocycles. The van der Waals surface area contributed by atoms with Crippen molar-refractivity contribution in [3.05, 3.63) is 24.3 Å². The topological polar surface area (TPSA) is 37.3 Å². The zero-order chi connectivity index (χ0) is 9.03. The molecule has 2 heteroatoms. The first-order valence-electron chi connectivity index (χ1n) is 4.29. The summed E-state index contributed by atoms with van der Waals surface area (Å²) in [5, 5.41) is 9.03. The predicted molar refractivity (Wildman–Crippen MR) is 47.9 cm³/mol. The first-order valence-corrected chi connectivity index (χ1v) is 4.29. The molecule has 0 heterocycles. The highest BCUT2D eigenvalue weighted by Crippen LogP contribution is 2.33. The summed E-state index contributed by atoms with van der Waals surface area (Å²) in [6.45, 7) is 2.01. The molecular weight excluding hydrogens is 152 g/mol. The minimum atomic E-state index is -0.704. The molecule has 12 heavy (non-hydrogen) atoms. The fourth-order valence-corrected chi connectivity index (χ4v) is 1.56. The number of carboxylic acids is 1. The third kappa shape index (κ3) is 1.58. The zero-order valence-corrected chi connectivity index (χ0v) is 7.29.